The van der Waals surface area contributed by atoms with E-state index in [0.717, 1.165) is 39.5 Å². The van der Waals surface area contributed by atoms with E-state index in [1.54, 1.807) is 13.1 Å². The molecule has 2 heterocycles. The van der Waals surface area contributed by atoms with Gasteiger partial charge in [-0.05, 0) is 84.5 Å². The minimum absolute atomic E-state index is 0.305. The van der Waals surface area contributed by atoms with Crippen molar-refractivity contribution in [2.45, 2.75) is 46.2 Å². The zero-order valence-electron chi connectivity index (χ0n) is 20.7. The number of carboxylic acid groups (broad SMARTS) is 1. The Kier molecular flexibility index (Phi) is 7.68. The molecule has 1 atom stereocenters. The predicted molar refractivity (Wildman–Crippen MR) is 142 cm³/mol. The van der Waals surface area contributed by atoms with Gasteiger partial charge in [0.25, 0.3) is 0 Å². The highest BCUT2D eigenvalue weighted by molar-refractivity contribution is 5.79. The zero-order chi connectivity index (χ0) is 25.7. The molecular formula is C29H31FN4O2. The van der Waals surface area contributed by atoms with Gasteiger partial charge in [-0.2, -0.15) is 0 Å². The fourth-order valence-electron chi connectivity index (χ4n) is 4.26. The van der Waals surface area contributed by atoms with Gasteiger partial charge in [-0.15, -0.1) is 0 Å². The van der Waals surface area contributed by atoms with Gasteiger partial charge in [0, 0.05) is 29.7 Å². The second kappa shape index (κ2) is 11.1. The van der Waals surface area contributed by atoms with E-state index in [1.165, 1.54) is 12.1 Å². The van der Waals surface area contributed by atoms with Crippen molar-refractivity contribution in [1.29, 1.82) is 0 Å². The Hall–Kier alpha value is -4.13. The molecule has 0 aliphatic carbocycles. The number of aliphatic carboxylic acids is 1. The fraction of sp³-hybridized carbons (Fsp3) is 0.241. The molecular weight excluding hydrogens is 455 g/mol. The SMILES string of the molecule is CCc1cc(F)cc(C)c1NC(Cc1ccc(-c2ccc(CNc3cc(C)ccn3)[nH]2)cc1)C(=O)O. The molecule has 0 aliphatic heterocycles. The van der Waals surface area contributed by atoms with Crippen molar-refractivity contribution >= 4 is 17.5 Å². The van der Waals surface area contributed by atoms with E-state index in [4.69, 9.17) is 0 Å². The number of aromatic amines is 1. The van der Waals surface area contributed by atoms with Crippen LogP contribution in [0.5, 0.6) is 0 Å². The van der Waals surface area contributed by atoms with Gasteiger partial charge in [-0.25, -0.2) is 14.2 Å². The third-order valence-electron chi connectivity index (χ3n) is 6.21. The van der Waals surface area contributed by atoms with Gasteiger partial charge in [0.2, 0.25) is 0 Å². The number of carboxylic acids is 1. The Bertz CT molecular complexity index is 1350. The summed E-state index contributed by atoms with van der Waals surface area (Å²) in [7, 11) is 0. The van der Waals surface area contributed by atoms with Crippen LogP contribution in [0.4, 0.5) is 15.9 Å². The first-order chi connectivity index (χ1) is 17.3. The standard InChI is InChI=1S/C29H31FN4O2/c1-4-21-16-23(30)14-19(3)28(21)34-26(29(35)36)15-20-5-7-22(8-6-20)25-10-9-24(33-25)17-32-27-13-18(2)11-12-31-27/h5-14,16,26,33-34H,4,15,17H2,1-3H3,(H,31,32)(H,35,36). The lowest BCUT2D eigenvalue weighted by atomic mass is 10.0. The van der Waals surface area contributed by atoms with E-state index in [2.05, 4.69) is 20.6 Å². The van der Waals surface area contributed by atoms with Gasteiger partial charge in [0.1, 0.15) is 17.7 Å². The molecule has 0 bridgehead atoms. The molecule has 2 aromatic heterocycles. The number of pyridine rings is 1. The number of anilines is 2. The molecule has 7 heteroatoms. The number of aromatic nitrogens is 2. The Morgan fingerprint density at radius 2 is 1.86 bits per heavy atom. The third kappa shape index (κ3) is 6.10. The van der Waals surface area contributed by atoms with E-state index in [1.807, 2.05) is 62.4 Å². The molecule has 0 spiro atoms. The largest absolute Gasteiger partial charge is 0.480 e. The van der Waals surface area contributed by atoms with Crippen molar-refractivity contribution in [2.75, 3.05) is 10.6 Å². The van der Waals surface area contributed by atoms with Gasteiger partial charge in [0.05, 0.1) is 6.54 Å². The lowest BCUT2D eigenvalue weighted by molar-refractivity contribution is -0.137. The summed E-state index contributed by atoms with van der Waals surface area (Å²) in [6, 6.07) is 17.9. The van der Waals surface area contributed by atoms with E-state index in [-0.39, 0.29) is 5.82 Å². The molecule has 4 N–H and O–H groups in total. The molecule has 0 fully saturated rings. The summed E-state index contributed by atoms with van der Waals surface area (Å²) >= 11 is 0. The second-order valence-corrected chi connectivity index (χ2v) is 9.02. The topological polar surface area (TPSA) is 90.0 Å². The molecule has 0 aliphatic rings. The number of aryl methyl sites for hydroxylation is 3. The summed E-state index contributed by atoms with van der Waals surface area (Å²) in [6.45, 7) is 6.37. The number of carbonyl (C=O) groups is 1. The molecule has 4 rings (SSSR count). The fourth-order valence-corrected chi connectivity index (χ4v) is 4.26. The molecule has 186 valence electrons. The van der Waals surface area contributed by atoms with Crippen LogP contribution in [0.1, 0.15) is 34.9 Å². The molecule has 4 aromatic rings. The van der Waals surface area contributed by atoms with E-state index >= 15 is 0 Å². The van der Waals surface area contributed by atoms with Gasteiger partial charge in [-0.1, -0.05) is 31.2 Å². The maximum absolute atomic E-state index is 13.8. The first-order valence-electron chi connectivity index (χ1n) is 12.0. The lowest BCUT2D eigenvalue weighted by Crippen LogP contribution is -2.32. The second-order valence-electron chi connectivity index (χ2n) is 9.02. The highest BCUT2D eigenvalue weighted by atomic mass is 19.1. The Balaban J connectivity index is 1.42. The summed E-state index contributed by atoms with van der Waals surface area (Å²) in [5.41, 5.74) is 7.24. The number of benzene rings is 2. The minimum atomic E-state index is -0.950. The molecule has 0 saturated carbocycles. The predicted octanol–water partition coefficient (Wildman–Crippen LogP) is 6.11. The average molecular weight is 487 g/mol. The summed E-state index contributed by atoms with van der Waals surface area (Å²) < 4.78 is 13.8. The van der Waals surface area contributed by atoms with Crippen LogP contribution in [0.2, 0.25) is 0 Å². The number of H-pyrrole nitrogens is 1. The van der Waals surface area contributed by atoms with Crippen molar-refractivity contribution in [3.05, 3.63) is 101 Å². The van der Waals surface area contributed by atoms with E-state index in [9.17, 15) is 14.3 Å². The first kappa shape index (κ1) is 25.0. The summed E-state index contributed by atoms with van der Waals surface area (Å²) in [5.74, 6) is -0.430. The number of nitrogens with zero attached hydrogens (tertiary/aromatic N) is 1. The molecule has 1 unspecified atom stereocenters. The number of rotatable bonds is 10. The molecule has 0 amide bonds. The van der Waals surface area contributed by atoms with Crippen molar-refractivity contribution in [3.8, 4) is 11.3 Å². The quantitative estimate of drug-likeness (QED) is 0.217. The van der Waals surface area contributed by atoms with Gasteiger partial charge < -0.3 is 20.7 Å². The first-order valence-corrected chi connectivity index (χ1v) is 12.0. The number of hydrogen-bond acceptors (Lipinski definition) is 4. The van der Waals surface area contributed by atoms with Crippen molar-refractivity contribution < 1.29 is 14.3 Å². The average Bonchev–Trinajstić information content (AvgIpc) is 3.33. The maximum atomic E-state index is 13.8. The van der Waals surface area contributed by atoms with E-state index in [0.29, 0.717) is 30.6 Å². The Morgan fingerprint density at radius 1 is 1.08 bits per heavy atom. The van der Waals surface area contributed by atoms with Crippen LogP contribution in [0.15, 0.2) is 66.9 Å². The van der Waals surface area contributed by atoms with Gasteiger partial charge >= 0.3 is 5.97 Å². The Morgan fingerprint density at radius 3 is 2.56 bits per heavy atom. The van der Waals surface area contributed by atoms with Gasteiger partial charge in [0.15, 0.2) is 0 Å². The van der Waals surface area contributed by atoms with Crippen molar-refractivity contribution in [2.24, 2.45) is 0 Å². The van der Waals surface area contributed by atoms with Crippen LogP contribution < -0.4 is 10.6 Å². The normalized spacial score (nSPS) is 11.8. The summed E-state index contributed by atoms with van der Waals surface area (Å²) in [5, 5.41) is 16.3. The molecule has 0 saturated heterocycles. The summed E-state index contributed by atoms with van der Waals surface area (Å²) in [4.78, 5) is 19.8. The van der Waals surface area contributed by atoms with Crippen LogP contribution in [0.3, 0.4) is 0 Å². The van der Waals surface area contributed by atoms with Gasteiger partial charge in [-0.3, -0.25) is 0 Å². The minimum Gasteiger partial charge on any atom is -0.480 e. The van der Waals surface area contributed by atoms with Crippen LogP contribution in [-0.2, 0) is 24.2 Å². The molecule has 2 aromatic carbocycles. The monoisotopic (exact) mass is 486 g/mol. The van der Waals surface area contributed by atoms with Crippen LogP contribution in [0.25, 0.3) is 11.3 Å². The smallest absolute Gasteiger partial charge is 0.326 e. The number of halogens is 1. The van der Waals surface area contributed by atoms with Crippen molar-refractivity contribution in [3.63, 3.8) is 0 Å². The van der Waals surface area contributed by atoms with E-state index < -0.39 is 12.0 Å². The summed E-state index contributed by atoms with van der Waals surface area (Å²) in [6.07, 6.45) is 2.70. The number of nitrogens with one attached hydrogen (secondary N) is 3. The number of hydrogen-bond donors (Lipinski definition) is 4. The molecule has 0 radical (unpaired) electrons. The maximum Gasteiger partial charge on any atom is 0.326 e. The highest BCUT2D eigenvalue weighted by Crippen LogP contribution is 2.25. The highest BCUT2D eigenvalue weighted by Gasteiger charge is 2.20. The zero-order valence-corrected chi connectivity index (χ0v) is 20.7. The lowest BCUT2D eigenvalue weighted by Gasteiger charge is -2.20. The third-order valence-corrected chi connectivity index (χ3v) is 6.21. The van der Waals surface area contributed by atoms with Crippen molar-refractivity contribution in [1.82, 2.24) is 9.97 Å². The molecule has 6 nitrogen and oxygen atoms in total. The molecule has 36 heavy (non-hydrogen) atoms. The van der Waals surface area contributed by atoms with Crippen LogP contribution in [0, 0.1) is 19.7 Å². The Labute approximate surface area is 210 Å². The van der Waals surface area contributed by atoms with Crippen LogP contribution >= 0.6 is 0 Å². The van der Waals surface area contributed by atoms with Crippen LogP contribution in [-0.4, -0.2) is 27.1 Å².